The molecule has 0 unspecified atom stereocenters. The first-order valence-corrected chi connectivity index (χ1v) is 9.35. The molecule has 0 aliphatic carbocycles. The van der Waals surface area contributed by atoms with Crippen molar-refractivity contribution in [3.8, 4) is 11.4 Å². The Morgan fingerprint density at radius 2 is 1.92 bits per heavy atom. The normalized spacial score (nSPS) is 15.5. The molecule has 25 heavy (non-hydrogen) atoms. The number of carbonyl (C=O) groups excluding carboxylic acids is 1. The summed E-state index contributed by atoms with van der Waals surface area (Å²) in [6.07, 6.45) is 5.75. The van der Waals surface area contributed by atoms with Crippen LogP contribution in [0.5, 0.6) is 0 Å². The number of hydrogen-bond donors (Lipinski definition) is 0. The number of benzene rings is 1. The highest BCUT2D eigenvalue weighted by molar-refractivity contribution is 5.76. The number of rotatable bonds is 6. The van der Waals surface area contributed by atoms with Gasteiger partial charge in [0.05, 0.1) is 0 Å². The van der Waals surface area contributed by atoms with Crippen LogP contribution in [0.3, 0.4) is 0 Å². The Morgan fingerprint density at radius 1 is 1.20 bits per heavy atom. The van der Waals surface area contributed by atoms with Crippen LogP contribution < -0.4 is 0 Å². The van der Waals surface area contributed by atoms with Gasteiger partial charge in [0.25, 0.3) is 0 Å². The Kier molecular flexibility index (Phi) is 5.84. The van der Waals surface area contributed by atoms with Gasteiger partial charge < -0.3 is 9.42 Å². The molecule has 5 nitrogen and oxygen atoms in total. The minimum absolute atomic E-state index is 0.256. The second-order valence-electron chi connectivity index (χ2n) is 6.93. The van der Waals surface area contributed by atoms with E-state index in [1.54, 1.807) is 0 Å². The zero-order valence-electron chi connectivity index (χ0n) is 15.2. The fraction of sp³-hybridized carbons (Fsp3) is 0.550. The maximum atomic E-state index is 12.2. The van der Waals surface area contributed by atoms with E-state index in [-0.39, 0.29) is 11.8 Å². The number of nitrogens with zero attached hydrogens (tertiary/aromatic N) is 3. The molecule has 1 saturated heterocycles. The lowest BCUT2D eigenvalue weighted by molar-refractivity contribution is -0.132. The summed E-state index contributed by atoms with van der Waals surface area (Å²) in [5.74, 6) is 1.89. The predicted octanol–water partition coefficient (Wildman–Crippen LogP) is 4.33. The molecular formula is C20H27N3O2. The van der Waals surface area contributed by atoms with Gasteiger partial charge in [0.1, 0.15) is 0 Å². The molecule has 5 heteroatoms. The monoisotopic (exact) mass is 341 g/mol. The van der Waals surface area contributed by atoms with Crippen molar-refractivity contribution in [3.63, 3.8) is 0 Å². The molecule has 0 atom stereocenters. The molecule has 0 radical (unpaired) electrons. The second kappa shape index (κ2) is 8.28. The Morgan fingerprint density at radius 3 is 2.60 bits per heavy atom. The molecule has 1 fully saturated rings. The number of likely N-dealkylation sites (tertiary alicyclic amines) is 1. The molecule has 0 saturated carbocycles. The van der Waals surface area contributed by atoms with Gasteiger partial charge in [-0.3, -0.25) is 4.79 Å². The number of aryl methyl sites for hydroxylation is 1. The minimum atomic E-state index is 0.256. The summed E-state index contributed by atoms with van der Waals surface area (Å²) in [7, 11) is 0. The zero-order chi connectivity index (χ0) is 17.6. The highest BCUT2D eigenvalue weighted by Crippen LogP contribution is 2.29. The van der Waals surface area contributed by atoms with Crippen molar-refractivity contribution in [2.24, 2.45) is 0 Å². The Bertz CT molecular complexity index is 685. The fourth-order valence-electron chi connectivity index (χ4n) is 3.28. The first kappa shape index (κ1) is 17.6. The molecule has 2 aromatic rings. The topological polar surface area (TPSA) is 59.2 Å². The van der Waals surface area contributed by atoms with Gasteiger partial charge in [0, 0.05) is 31.0 Å². The van der Waals surface area contributed by atoms with E-state index in [0.29, 0.717) is 18.1 Å². The van der Waals surface area contributed by atoms with Crippen LogP contribution in [-0.4, -0.2) is 34.0 Å². The van der Waals surface area contributed by atoms with Crippen LogP contribution in [-0.2, 0) is 4.79 Å². The molecule has 0 N–H and O–H groups in total. The number of hydrogen-bond acceptors (Lipinski definition) is 4. The van der Waals surface area contributed by atoms with E-state index in [2.05, 4.69) is 24.0 Å². The molecule has 1 amide bonds. The highest BCUT2D eigenvalue weighted by Gasteiger charge is 2.27. The summed E-state index contributed by atoms with van der Waals surface area (Å²) < 4.78 is 5.50. The lowest BCUT2D eigenvalue weighted by atomic mass is 9.96. The molecule has 1 aromatic heterocycles. The number of piperidine rings is 1. The van der Waals surface area contributed by atoms with Crippen molar-refractivity contribution >= 4 is 5.91 Å². The van der Waals surface area contributed by atoms with E-state index in [4.69, 9.17) is 4.52 Å². The van der Waals surface area contributed by atoms with Crippen molar-refractivity contribution in [2.75, 3.05) is 13.1 Å². The van der Waals surface area contributed by atoms with Crippen LogP contribution >= 0.6 is 0 Å². The van der Waals surface area contributed by atoms with Gasteiger partial charge in [-0.15, -0.1) is 0 Å². The smallest absolute Gasteiger partial charge is 0.230 e. The van der Waals surface area contributed by atoms with Gasteiger partial charge in [-0.25, -0.2) is 0 Å². The van der Waals surface area contributed by atoms with Gasteiger partial charge >= 0.3 is 0 Å². The van der Waals surface area contributed by atoms with Crippen molar-refractivity contribution in [1.82, 2.24) is 15.0 Å². The molecule has 1 aromatic carbocycles. The van der Waals surface area contributed by atoms with E-state index in [1.165, 1.54) is 5.56 Å². The maximum Gasteiger partial charge on any atom is 0.230 e. The number of aromatic nitrogens is 2. The van der Waals surface area contributed by atoms with Crippen molar-refractivity contribution in [2.45, 2.75) is 58.3 Å². The molecule has 0 bridgehead atoms. The Balaban J connectivity index is 1.55. The van der Waals surface area contributed by atoms with Crippen molar-refractivity contribution in [3.05, 3.63) is 35.7 Å². The SMILES string of the molecule is CCCCCC(=O)N1CCC(c2nc(-c3ccc(C)cc3)no2)CC1. The summed E-state index contributed by atoms with van der Waals surface area (Å²) in [6, 6.07) is 8.13. The van der Waals surface area contributed by atoms with Crippen LogP contribution in [0.1, 0.15) is 62.8 Å². The van der Waals surface area contributed by atoms with Gasteiger partial charge in [0.2, 0.25) is 17.6 Å². The first-order chi connectivity index (χ1) is 12.2. The van der Waals surface area contributed by atoms with Crippen LogP contribution in [0.4, 0.5) is 0 Å². The largest absolute Gasteiger partial charge is 0.343 e. The second-order valence-corrected chi connectivity index (χ2v) is 6.93. The van der Waals surface area contributed by atoms with E-state index in [0.717, 1.165) is 50.8 Å². The quantitative estimate of drug-likeness (QED) is 0.734. The highest BCUT2D eigenvalue weighted by atomic mass is 16.5. The van der Waals surface area contributed by atoms with Crippen LogP contribution in [0.25, 0.3) is 11.4 Å². The fourth-order valence-corrected chi connectivity index (χ4v) is 3.28. The minimum Gasteiger partial charge on any atom is -0.343 e. The summed E-state index contributed by atoms with van der Waals surface area (Å²) in [6.45, 7) is 5.80. The number of amides is 1. The molecular weight excluding hydrogens is 314 g/mol. The predicted molar refractivity (Wildman–Crippen MR) is 97.2 cm³/mol. The molecule has 3 rings (SSSR count). The van der Waals surface area contributed by atoms with E-state index >= 15 is 0 Å². The number of carbonyl (C=O) groups is 1. The van der Waals surface area contributed by atoms with E-state index < -0.39 is 0 Å². The third kappa shape index (κ3) is 4.47. The number of unbranched alkanes of at least 4 members (excludes halogenated alkanes) is 2. The lowest BCUT2D eigenvalue weighted by Crippen LogP contribution is -2.37. The van der Waals surface area contributed by atoms with E-state index in [1.807, 2.05) is 29.2 Å². The molecule has 2 heterocycles. The lowest BCUT2D eigenvalue weighted by Gasteiger charge is -2.30. The van der Waals surface area contributed by atoms with Gasteiger partial charge in [0.15, 0.2) is 0 Å². The maximum absolute atomic E-state index is 12.2. The molecule has 1 aliphatic heterocycles. The summed E-state index contributed by atoms with van der Waals surface area (Å²) in [5.41, 5.74) is 2.19. The molecule has 0 spiro atoms. The van der Waals surface area contributed by atoms with Crippen molar-refractivity contribution in [1.29, 1.82) is 0 Å². The van der Waals surface area contributed by atoms with Crippen LogP contribution in [0.2, 0.25) is 0 Å². The van der Waals surface area contributed by atoms with Crippen LogP contribution in [0, 0.1) is 6.92 Å². The van der Waals surface area contributed by atoms with Crippen molar-refractivity contribution < 1.29 is 9.32 Å². The third-order valence-electron chi connectivity index (χ3n) is 4.94. The standard InChI is InChI=1S/C20H27N3O2/c1-3-4-5-6-18(24)23-13-11-17(12-14-23)20-21-19(22-25-20)16-9-7-15(2)8-10-16/h7-10,17H,3-6,11-14H2,1-2H3. The van der Waals surface area contributed by atoms with Gasteiger partial charge in [-0.2, -0.15) is 4.98 Å². The van der Waals surface area contributed by atoms with E-state index in [9.17, 15) is 4.79 Å². The molecule has 1 aliphatic rings. The summed E-state index contributed by atoms with van der Waals surface area (Å²) in [5, 5.41) is 4.13. The average molecular weight is 341 g/mol. The average Bonchev–Trinajstić information content (AvgIpc) is 3.13. The first-order valence-electron chi connectivity index (χ1n) is 9.35. The molecule has 134 valence electrons. The zero-order valence-corrected chi connectivity index (χ0v) is 15.2. The van der Waals surface area contributed by atoms with Crippen LogP contribution in [0.15, 0.2) is 28.8 Å². The summed E-state index contributed by atoms with van der Waals surface area (Å²) >= 11 is 0. The Labute approximate surface area is 149 Å². The summed E-state index contributed by atoms with van der Waals surface area (Å²) in [4.78, 5) is 18.8. The Hall–Kier alpha value is -2.17. The van der Waals surface area contributed by atoms with Gasteiger partial charge in [-0.1, -0.05) is 54.8 Å². The van der Waals surface area contributed by atoms with Gasteiger partial charge in [-0.05, 0) is 26.2 Å². The third-order valence-corrected chi connectivity index (χ3v) is 4.94.